The summed E-state index contributed by atoms with van der Waals surface area (Å²) in [5.74, 6) is -2.80. The molecule has 2 N–H and O–H groups in total. The molecule has 0 saturated carbocycles. The van der Waals surface area contributed by atoms with Gasteiger partial charge in [-0.05, 0) is 22.6 Å². The quantitative estimate of drug-likeness (QED) is 0.596. The first kappa shape index (κ1) is 14.0. The van der Waals surface area contributed by atoms with Crippen molar-refractivity contribution in [3.8, 4) is 0 Å². The van der Waals surface area contributed by atoms with Gasteiger partial charge in [0.15, 0.2) is 11.4 Å². The Morgan fingerprint density at radius 3 is 2.21 bits per heavy atom. The topological polar surface area (TPSA) is 100 Å². The molecule has 0 aliphatic rings. The number of halogens is 1. The third kappa shape index (κ3) is 3.30. The van der Waals surface area contributed by atoms with Crippen molar-refractivity contribution >= 4 is 72.3 Å². The largest absolute Gasteiger partial charge is 2.00 e. The van der Waals surface area contributed by atoms with Crippen LogP contribution in [0.2, 0.25) is 0 Å². The summed E-state index contributed by atoms with van der Waals surface area (Å²) in [4.78, 5) is 28.0. The molecule has 0 aliphatic heterocycles. The Hall–Kier alpha value is 0.00974. The minimum Gasteiger partial charge on any atom is -1.00 e. The molecule has 0 radical (unpaired) electrons. The first-order chi connectivity index (χ1) is 6.02. The Bertz CT molecular complexity index is 393. The van der Waals surface area contributed by atoms with Gasteiger partial charge in [0.05, 0.1) is 6.20 Å². The van der Waals surface area contributed by atoms with Gasteiger partial charge in [0.1, 0.15) is 3.70 Å². The van der Waals surface area contributed by atoms with Gasteiger partial charge in [0.25, 0.3) is 0 Å². The Labute approximate surface area is 125 Å². The van der Waals surface area contributed by atoms with Gasteiger partial charge < -0.3 is 13.1 Å². The maximum Gasteiger partial charge on any atom is 2.00 e. The second kappa shape index (κ2) is 5.79. The second-order valence-electron chi connectivity index (χ2n) is 2.00. The van der Waals surface area contributed by atoms with Crippen LogP contribution in [0.3, 0.4) is 0 Å². The fourth-order valence-electron chi connectivity index (χ4n) is 0.673. The number of carboxylic acid groups (broad SMARTS) is 2. The molecule has 1 aromatic rings. The molecular weight excluding hydrogens is 331 g/mol. The molecule has 0 fully saturated rings. The molecule has 0 unspecified atom stereocenters. The molecule has 8 heteroatoms. The van der Waals surface area contributed by atoms with Crippen molar-refractivity contribution in [3.05, 3.63) is 21.3 Å². The van der Waals surface area contributed by atoms with Crippen molar-refractivity contribution in [1.29, 1.82) is 0 Å². The molecular formula is C6H5CaIN2O4. The number of rotatable bonds is 2. The van der Waals surface area contributed by atoms with Gasteiger partial charge in [-0.15, -0.1) is 0 Å². The SMILES string of the molecule is O=C(O)c1ncc(I)nc1C(=O)O.[Ca+2].[H-].[H-]. The molecule has 0 aromatic carbocycles. The van der Waals surface area contributed by atoms with E-state index < -0.39 is 23.3 Å². The smallest absolute Gasteiger partial charge is 1.00 e. The monoisotopic (exact) mass is 336 g/mol. The van der Waals surface area contributed by atoms with E-state index in [4.69, 9.17) is 10.2 Å². The van der Waals surface area contributed by atoms with Crippen LogP contribution in [0.25, 0.3) is 0 Å². The molecule has 6 nitrogen and oxygen atoms in total. The van der Waals surface area contributed by atoms with Crippen molar-refractivity contribution in [2.75, 3.05) is 0 Å². The molecule has 0 aliphatic carbocycles. The van der Waals surface area contributed by atoms with Gasteiger partial charge in [-0.3, -0.25) is 0 Å². The number of hydrogen-bond donors (Lipinski definition) is 2. The second-order valence-corrected chi connectivity index (χ2v) is 3.11. The number of carbonyl (C=O) groups is 2. The Kier molecular flexibility index (Phi) is 5.79. The van der Waals surface area contributed by atoms with Crippen molar-refractivity contribution in [2.24, 2.45) is 0 Å². The summed E-state index contributed by atoms with van der Waals surface area (Å²) in [5.41, 5.74) is -1.09. The van der Waals surface area contributed by atoms with Crippen LogP contribution >= 0.6 is 22.6 Å². The van der Waals surface area contributed by atoms with Crippen LogP contribution in [0.5, 0.6) is 0 Å². The summed E-state index contributed by atoms with van der Waals surface area (Å²) in [6, 6.07) is 0. The predicted molar refractivity (Wildman–Crippen MR) is 56.6 cm³/mol. The summed E-state index contributed by atoms with van der Waals surface area (Å²) >= 11 is 1.75. The summed E-state index contributed by atoms with van der Waals surface area (Å²) < 4.78 is 0.333. The van der Waals surface area contributed by atoms with Crippen LogP contribution < -0.4 is 0 Å². The molecule has 0 bridgehead atoms. The Morgan fingerprint density at radius 1 is 1.29 bits per heavy atom. The van der Waals surface area contributed by atoms with Crippen molar-refractivity contribution in [1.82, 2.24) is 9.97 Å². The molecule has 72 valence electrons. The van der Waals surface area contributed by atoms with Crippen LogP contribution in [0.4, 0.5) is 0 Å². The van der Waals surface area contributed by atoms with E-state index in [-0.39, 0.29) is 40.6 Å². The average Bonchev–Trinajstić information content (AvgIpc) is 2.03. The van der Waals surface area contributed by atoms with E-state index in [0.717, 1.165) is 0 Å². The number of carboxylic acids is 2. The van der Waals surface area contributed by atoms with E-state index in [1.165, 1.54) is 6.20 Å². The van der Waals surface area contributed by atoms with E-state index in [0.29, 0.717) is 3.70 Å². The van der Waals surface area contributed by atoms with Gasteiger partial charge in [0, 0.05) is 0 Å². The molecule has 14 heavy (non-hydrogen) atoms. The van der Waals surface area contributed by atoms with Gasteiger partial charge in [0.2, 0.25) is 0 Å². The van der Waals surface area contributed by atoms with Crippen molar-refractivity contribution in [3.63, 3.8) is 0 Å². The molecule has 1 heterocycles. The van der Waals surface area contributed by atoms with Gasteiger partial charge in [-0.1, -0.05) is 0 Å². The molecule has 0 saturated heterocycles. The third-order valence-corrected chi connectivity index (χ3v) is 1.67. The fraction of sp³-hybridized carbons (Fsp3) is 0. The van der Waals surface area contributed by atoms with E-state index in [9.17, 15) is 9.59 Å². The third-order valence-electron chi connectivity index (χ3n) is 1.15. The molecule has 0 atom stereocenters. The minimum atomic E-state index is -1.40. The zero-order chi connectivity index (χ0) is 10.0. The Balaban J connectivity index is -0.000000563. The number of aromatic carboxylic acids is 2. The molecule has 1 aromatic heterocycles. The van der Waals surface area contributed by atoms with E-state index in [1.54, 1.807) is 22.6 Å². The normalized spacial score (nSPS) is 8.93. The van der Waals surface area contributed by atoms with Crippen LogP contribution in [0, 0.1) is 3.70 Å². The summed E-state index contributed by atoms with van der Waals surface area (Å²) in [6.07, 6.45) is 1.19. The maximum absolute atomic E-state index is 10.5. The van der Waals surface area contributed by atoms with Gasteiger partial charge in [-0.25, -0.2) is 19.6 Å². The fourth-order valence-corrected chi connectivity index (χ4v) is 1.05. The molecule has 0 amide bonds. The first-order valence-corrected chi connectivity index (χ1v) is 4.09. The van der Waals surface area contributed by atoms with Crippen molar-refractivity contribution < 1.29 is 22.7 Å². The zero-order valence-electron chi connectivity index (χ0n) is 8.77. The average molecular weight is 336 g/mol. The summed E-state index contributed by atoms with van der Waals surface area (Å²) in [5, 5.41) is 17.1. The van der Waals surface area contributed by atoms with Gasteiger partial charge in [-0.2, -0.15) is 0 Å². The zero-order valence-corrected chi connectivity index (χ0v) is 11.1. The molecule has 1 rings (SSSR count). The number of hydrogen-bond acceptors (Lipinski definition) is 4. The van der Waals surface area contributed by atoms with Crippen LogP contribution in [0.15, 0.2) is 6.20 Å². The Morgan fingerprint density at radius 2 is 1.79 bits per heavy atom. The minimum absolute atomic E-state index is 0. The number of nitrogens with zero attached hydrogens (tertiary/aromatic N) is 2. The standard InChI is InChI=1S/C6H3IN2O4.Ca.2H/c7-2-1-8-3(5(10)11)4(9-2)6(12)13;;;/h1H,(H,10,11)(H,12,13);;;/q;+2;2*-1. The van der Waals surface area contributed by atoms with Crippen LogP contribution in [-0.4, -0.2) is 69.9 Å². The summed E-state index contributed by atoms with van der Waals surface area (Å²) in [6.45, 7) is 0. The maximum atomic E-state index is 10.5. The van der Waals surface area contributed by atoms with Crippen LogP contribution in [0.1, 0.15) is 23.8 Å². The first-order valence-electron chi connectivity index (χ1n) is 3.01. The van der Waals surface area contributed by atoms with E-state index >= 15 is 0 Å². The van der Waals surface area contributed by atoms with E-state index in [2.05, 4.69) is 9.97 Å². The molecule has 0 spiro atoms. The van der Waals surface area contributed by atoms with Gasteiger partial charge >= 0.3 is 49.7 Å². The number of aromatic nitrogens is 2. The predicted octanol–water partition coefficient (Wildman–Crippen LogP) is 0.322. The van der Waals surface area contributed by atoms with Crippen LogP contribution in [-0.2, 0) is 0 Å². The summed E-state index contributed by atoms with van der Waals surface area (Å²) in [7, 11) is 0. The van der Waals surface area contributed by atoms with E-state index in [1.807, 2.05) is 0 Å². The van der Waals surface area contributed by atoms with Crippen molar-refractivity contribution in [2.45, 2.75) is 0 Å².